The molecule has 3 amide bonds. The van der Waals surface area contributed by atoms with Crippen LogP contribution in [0.4, 0.5) is 10.5 Å². The first-order chi connectivity index (χ1) is 12.5. The number of ether oxygens (including phenoxy) is 2. The molecule has 1 heterocycles. The molecule has 7 nitrogen and oxygen atoms in total. The van der Waals surface area contributed by atoms with Gasteiger partial charge in [0.15, 0.2) is 11.5 Å². The summed E-state index contributed by atoms with van der Waals surface area (Å²) in [5.41, 5.74) is 1.42. The first-order valence-electron chi connectivity index (χ1n) is 8.00. The van der Waals surface area contributed by atoms with Crippen LogP contribution < -0.4 is 25.4 Å². The van der Waals surface area contributed by atoms with Crippen molar-refractivity contribution in [1.29, 1.82) is 0 Å². The van der Waals surface area contributed by atoms with Gasteiger partial charge in [-0.05, 0) is 42.8 Å². The van der Waals surface area contributed by atoms with Crippen molar-refractivity contribution in [2.24, 2.45) is 0 Å². The van der Waals surface area contributed by atoms with Gasteiger partial charge in [0.2, 0.25) is 12.7 Å². The maximum absolute atomic E-state index is 12.2. The Hall–Kier alpha value is -2.93. The van der Waals surface area contributed by atoms with Crippen LogP contribution in [-0.2, 0) is 11.3 Å². The van der Waals surface area contributed by atoms with Crippen molar-refractivity contribution < 1.29 is 19.1 Å². The first kappa shape index (κ1) is 17.9. The average molecular weight is 376 g/mol. The van der Waals surface area contributed by atoms with E-state index in [1.165, 1.54) is 0 Å². The Labute approximate surface area is 155 Å². The van der Waals surface area contributed by atoms with E-state index in [9.17, 15) is 9.59 Å². The highest BCUT2D eigenvalue weighted by molar-refractivity contribution is 6.30. The molecule has 0 radical (unpaired) electrons. The number of rotatable bonds is 5. The lowest BCUT2D eigenvalue weighted by Gasteiger charge is -2.15. The number of hydrogen-bond donors (Lipinski definition) is 3. The van der Waals surface area contributed by atoms with Crippen molar-refractivity contribution in [2.45, 2.75) is 19.5 Å². The van der Waals surface area contributed by atoms with E-state index in [-0.39, 0.29) is 12.7 Å². The van der Waals surface area contributed by atoms with Gasteiger partial charge >= 0.3 is 6.03 Å². The molecule has 26 heavy (non-hydrogen) atoms. The Morgan fingerprint density at radius 1 is 1.15 bits per heavy atom. The topological polar surface area (TPSA) is 88.7 Å². The zero-order chi connectivity index (χ0) is 18.5. The maximum Gasteiger partial charge on any atom is 0.319 e. The van der Waals surface area contributed by atoms with Gasteiger partial charge in [0, 0.05) is 17.3 Å². The number of anilines is 1. The largest absolute Gasteiger partial charge is 0.454 e. The number of urea groups is 1. The van der Waals surface area contributed by atoms with Crippen LogP contribution in [0.1, 0.15) is 12.5 Å². The van der Waals surface area contributed by atoms with E-state index in [2.05, 4.69) is 16.0 Å². The molecular weight excluding hydrogens is 358 g/mol. The average Bonchev–Trinajstić information content (AvgIpc) is 3.07. The lowest BCUT2D eigenvalue weighted by Crippen LogP contribution is -2.46. The number of nitrogens with one attached hydrogen (secondary N) is 3. The Balaban J connectivity index is 1.47. The number of fused-ring (bicyclic) bond motifs is 1. The third-order valence-electron chi connectivity index (χ3n) is 3.73. The van der Waals surface area contributed by atoms with Gasteiger partial charge in [-0.25, -0.2) is 4.79 Å². The Bertz CT molecular complexity index is 828. The minimum Gasteiger partial charge on any atom is -0.454 e. The van der Waals surface area contributed by atoms with Gasteiger partial charge in [-0.3, -0.25) is 4.79 Å². The quantitative estimate of drug-likeness (QED) is 0.749. The minimum atomic E-state index is -0.705. The molecule has 2 aromatic carbocycles. The molecule has 0 aliphatic carbocycles. The second kappa shape index (κ2) is 7.97. The lowest BCUT2D eigenvalue weighted by molar-refractivity contribution is -0.122. The van der Waals surface area contributed by atoms with Crippen LogP contribution in [0.3, 0.4) is 0 Å². The molecule has 0 spiro atoms. The summed E-state index contributed by atoms with van der Waals surface area (Å²) in [6.07, 6.45) is 0. The molecule has 3 rings (SSSR count). The molecule has 0 fully saturated rings. The van der Waals surface area contributed by atoms with Gasteiger partial charge in [-0.1, -0.05) is 23.7 Å². The molecule has 1 aliphatic rings. The van der Waals surface area contributed by atoms with E-state index in [4.69, 9.17) is 21.1 Å². The summed E-state index contributed by atoms with van der Waals surface area (Å²) in [6.45, 7) is 2.12. The summed E-state index contributed by atoms with van der Waals surface area (Å²) < 4.78 is 10.5. The van der Waals surface area contributed by atoms with E-state index in [1.807, 2.05) is 12.1 Å². The van der Waals surface area contributed by atoms with Crippen LogP contribution in [0, 0.1) is 0 Å². The van der Waals surface area contributed by atoms with Crippen LogP contribution in [0.25, 0.3) is 0 Å². The predicted octanol–water partition coefficient (Wildman–Crippen LogP) is 2.90. The van der Waals surface area contributed by atoms with Crippen LogP contribution in [-0.4, -0.2) is 24.8 Å². The van der Waals surface area contributed by atoms with E-state index < -0.39 is 12.1 Å². The molecular formula is C18H18ClN3O4. The van der Waals surface area contributed by atoms with Crippen LogP contribution >= 0.6 is 11.6 Å². The summed E-state index contributed by atoms with van der Waals surface area (Å²) >= 11 is 5.87. The van der Waals surface area contributed by atoms with Crippen molar-refractivity contribution in [3.8, 4) is 11.5 Å². The number of carbonyl (C=O) groups excluding carboxylic acids is 2. The summed E-state index contributed by atoms with van der Waals surface area (Å²) in [6, 6.07) is 11.0. The minimum absolute atomic E-state index is 0.202. The fraction of sp³-hybridized carbons (Fsp3) is 0.222. The highest BCUT2D eigenvalue weighted by Crippen LogP contribution is 2.32. The van der Waals surface area contributed by atoms with E-state index in [0.29, 0.717) is 28.8 Å². The number of hydrogen-bond acceptors (Lipinski definition) is 4. The molecule has 1 aliphatic heterocycles. The van der Waals surface area contributed by atoms with Crippen molar-refractivity contribution in [3.63, 3.8) is 0 Å². The molecule has 136 valence electrons. The summed E-state index contributed by atoms with van der Waals surface area (Å²) in [4.78, 5) is 24.1. The van der Waals surface area contributed by atoms with Crippen LogP contribution in [0.15, 0.2) is 42.5 Å². The summed E-state index contributed by atoms with van der Waals surface area (Å²) in [5.74, 6) is 1.04. The monoisotopic (exact) mass is 375 g/mol. The molecule has 0 aromatic heterocycles. The highest BCUT2D eigenvalue weighted by atomic mass is 35.5. The fourth-order valence-electron chi connectivity index (χ4n) is 2.39. The van der Waals surface area contributed by atoms with Gasteiger partial charge in [-0.15, -0.1) is 0 Å². The van der Waals surface area contributed by atoms with Gasteiger partial charge < -0.3 is 25.4 Å². The third-order valence-corrected chi connectivity index (χ3v) is 3.96. The number of carbonyl (C=O) groups is 2. The van der Waals surface area contributed by atoms with Crippen molar-refractivity contribution in [3.05, 3.63) is 53.1 Å². The Kier molecular flexibility index (Phi) is 5.48. The zero-order valence-electron chi connectivity index (χ0n) is 14.0. The standard InChI is InChI=1S/C18H18ClN3O4/c1-11(21-18(24)22-14-4-2-3-13(19)8-14)17(23)20-9-12-5-6-15-16(7-12)26-10-25-15/h2-8,11H,9-10H2,1H3,(H,20,23)(H2,21,22,24)/t11-/m1/s1. The van der Waals surface area contributed by atoms with Gasteiger partial charge in [0.25, 0.3) is 0 Å². The first-order valence-corrected chi connectivity index (χ1v) is 8.38. The van der Waals surface area contributed by atoms with Crippen molar-refractivity contribution >= 4 is 29.2 Å². The fourth-order valence-corrected chi connectivity index (χ4v) is 2.58. The predicted molar refractivity (Wildman–Crippen MR) is 97.5 cm³/mol. The number of halogens is 1. The van der Waals surface area contributed by atoms with Crippen molar-refractivity contribution in [1.82, 2.24) is 10.6 Å². The molecule has 3 N–H and O–H groups in total. The smallest absolute Gasteiger partial charge is 0.319 e. The van der Waals surface area contributed by atoms with Crippen LogP contribution in [0.5, 0.6) is 11.5 Å². The Morgan fingerprint density at radius 2 is 1.96 bits per heavy atom. The molecule has 0 saturated heterocycles. The summed E-state index contributed by atoms with van der Waals surface area (Å²) in [7, 11) is 0. The Morgan fingerprint density at radius 3 is 2.77 bits per heavy atom. The SMILES string of the molecule is C[C@@H](NC(=O)Nc1cccc(Cl)c1)C(=O)NCc1ccc2c(c1)OCO2. The van der Waals surface area contributed by atoms with E-state index in [0.717, 1.165) is 5.56 Å². The molecule has 8 heteroatoms. The lowest BCUT2D eigenvalue weighted by atomic mass is 10.2. The molecule has 0 unspecified atom stereocenters. The second-order valence-electron chi connectivity index (χ2n) is 5.74. The highest BCUT2D eigenvalue weighted by Gasteiger charge is 2.17. The van der Waals surface area contributed by atoms with Gasteiger partial charge in [0.1, 0.15) is 6.04 Å². The third kappa shape index (κ3) is 4.58. The van der Waals surface area contributed by atoms with Crippen molar-refractivity contribution in [2.75, 3.05) is 12.1 Å². The second-order valence-corrected chi connectivity index (χ2v) is 6.17. The van der Waals surface area contributed by atoms with E-state index >= 15 is 0 Å². The number of benzene rings is 2. The zero-order valence-corrected chi connectivity index (χ0v) is 14.8. The van der Waals surface area contributed by atoms with Gasteiger partial charge in [0.05, 0.1) is 0 Å². The van der Waals surface area contributed by atoms with Crippen LogP contribution in [0.2, 0.25) is 5.02 Å². The molecule has 2 aromatic rings. The van der Waals surface area contributed by atoms with Gasteiger partial charge in [-0.2, -0.15) is 0 Å². The molecule has 0 saturated carbocycles. The normalized spacial score (nSPS) is 13.0. The molecule has 0 bridgehead atoms. The summed E-state index contributed by atoms with van der Waals surface area (Å²) in [5, 5.41) is 8.48. The maximum atomic E-state index is 12.2. The molecule has 1 atom stereocenters. The van der Waals surface area contributed by atoms with E-state index in [1.54, 1.807) is 37.3 Å². The number of amides is 3.